The highest BCUT2D eigenvalue weighted by molar-refractivity contribution is 7.90. The van der Waals surface area contributed by atoms with E-state index in [-0.39, 0.29) is 46.9 Å². The molecular weight excluding hydrogens is 398 g/mol. The molecule has 29 heavy (non-hydrogen) atoms. The lowest BCUT2D eigenvalue weighted by Gasteiger charge is -2.17. The molecule has 2 N–H and O–H groups in total. The molecule has 1 aliphatic heterocycles. The maximum Gasteiger partial charge on any atom is 0.264 e. The van der Waals surface area contributed by atoms with E-state index >= 15 is 0 Å². The molecular formula is C19H19N3O6S. The Balaban J connectivity index is 1.40. The summed E-state index contributed by atoms with van der Waals surface area (Å²) in [7, 11) is -3.97. The molecule has 3 aliphatic rings. The number of rotatable bonds is 5. The van der Waals surface area contributed by atoms with Gasteiger partial charge in [-0.15, -0.1) is 0 Å². The second kappa shape index (κ2) is 6.80. The molecule has 10 heteroatoms. The van der Waals surface area contributed by atoms with Gasteiger partial charge >= 0.3 is 0 Å². The van der Waals surface area contributed by atoms with Crippen LogP contribution in [-0.4, -0.2) is 43.5 Å². The molecule has 0 spiro atoms. The Morgan fingerprint density at radius 3 is 2.10 bits per heavy atom. The van der Waals surface area contributed by atoms with E-state index in [2.05, 4.69) is 5.32 Å². The first kappa shape index (κ1) is 19.3. The van der Waals surface area contributed by atoms with Gasteiger partial charge in [-0.2, -0.15) is 0 Å². The molecule has 4 rings (SSSR count). The van der Waals surface area contributed by atoms with E-state index in [1.165, 1.54) is 24.3 Å². The van der Waals surface area contributed by atoms with Crippen molar-refractivity contribution in [3.63, 3.8) is 0 Å². The van der Waals surface area contributed by atoms with Gasteiger partial charge in [0.05, 0.1) is 16.7 Å². The van der Waals surface area contributed by atoms with Crippen LogP contribution in [0.3, 0.4) is 0 Å². The molecule has 1 saturated heterocycles. The van der Waals surface area contributed by atoms with Crippen LogP contribution in [0.15, 0.2) is 41.3 Å². The summed E-state index contributed by atoms with van der Waals surface area (Å²) in [6.45, 7) is 0.707. The molecule has 4 amide bonds. The number of nitrogens with one attached hydrogen (secondary N) is 2. The molecule has 1 aromatic rings. The third kappa shape index (κ3) is 3.33. The number of hydrogen-bond donors (Lipinski definition) is 2. The average molecular weight is 417 g/mol. The topological polar surface area (TPSA) is 130 Å². The highest BCUT2D eigenvalue weighted by Crippen LogP contribution is 2.52. The van der Waals surface area contributed by atoms with Gasteiger partial charge in [-0.1, -0.05) is 12.2 Å². The van der Waals surface area contributed by atoms with Gasteiger partial charge in [-0.3, -0.25) is 24.1 Å². The predicted molar refractivity (Wildman–Crippen MR) is 101 cm³/mol. The third-order valence-corrected chi connectivity index (χ3v) is 7.04. The zero-order chi connectivity index (χ0) is 20.9. The molecule has 2 fully saturated rings. The molecule has 1 heterocycles. The fraction of sp³-hybridized carbons (Fsp3) is 0.368. The molecule has 2 aliphatic carbocycles. The summed E-state index contributed by atoms with van der Waals surface area (Å²) in [6, 6.07) is 5.19. The molecule has 1 saturated carbocycles. The lowest BCUT2D eigenvalue weighted by molar-refractivity contribution is -0.143. The van der Waals surface area contributed by atoms with Crippen molar-refractivity contribution in [3.05, 3.63) is 36.4 Å². The van der Waals surface area contributed by atoms with Gasteiger partial charge in [0, 0.05) is 12.6 Å². The van der Waals surface area contributed by atoms with E-state index in [4.69, 9.17) is 0 Å². The van der Waals surface area contributed by atoms with E-state index in [0.29, 0.717) is 5.69 Å². The van der Waals surface area contributed by atoms with E-state index in [1.807, 2.05) is 16.9 Å². The fourth-order valence-corrected chi connectivity index (χ4v) is 5.42. The second-order valence-corrected chi connectivity index (χ2v) is 9.18. The fourth-order valence-electron chi connectivity index (χ4n) is 4.43. The number of amides is 4. The Hall–Kier alpha value is -3.01. The van der Waals surface area contributed by atoms with Crippen molar-refractivity contribution in [2.45, 2.75) is 18.2 Å². The Bertz CT molecular complexity index is 1020. The van der Waals surface area contributed by atoms with Crippen LogP contribution in [0, 0.1) is 23.7 Å². The van der Waals surface area contributed by atoms with Crippen LogP contribution < -0.4 is 10.0 Å². The number of likely N-dealkylation sites (tertiary alicyclic amines) is 1. The average Bonchev–Trinajstić information content (AvgIpc) is 3.31. The number of nitrogens with zero attached hydrogens (tertiary/aromatic N) is 1. The number of benzene rings is 1. The first-order valence-electron chi connectivity index (χ1n) is 9.14. The Morgan fingerprint density at radius 2 is 1.59 bits per heavy atom. The summed E-state index contributed by atoms with van der Waals surface area (Å²) in [5, 5.41) is 2.55. The monoisotopic (exact) mass is 417 g/mol. The van der Waals surface area contributed by atoms with Crippen LogP contribution in [0.1, 0.15) is 13.3 Å². The van der Waals surface area contributed by atoms with Gasteiger partial charge in [0.2, 0.25) is 23.6 Å². The molecule has 9 nitrogen and oxygen atoms in total. The van der Waals surface area contributed by atoms with Crippen LogP contribution in [0.25, 0.3) is 0 Å². The number of carbonyl (C=O) groups excluding carboxylic acids is 4. The van der Waals surface area contributed by atoms with Crippen LogP contribution in [0.4, 0.5) is 5.69 Å². The summed E-state index contributed by atoms with van der Waals surface area (Å²) >= 11 is 0. The number of hydrogen-bond acceptors (Lipinski definition) is 6. The zero-order valence-electron chi connectivity index (χ0n) is 15.5. The van der Waals surface area contributed by atoms with Gasteiger partial charge in [0.1, 0.15) is 6.54 Å². The van der Waals surface area contributed by atoms with Crippen LogP contribution >= 0.6 is 0 Å². The minimum atomic E-state index is -3.97. The van der Waals surface area contributed by atoms with Crippen molar-refractivity contribution < 1.29 is 27.6 Å². The lowest BCUT2D eigenvalue weighted by atomic mass is 9.85. The summed E-state index contributed by atoms with van der Waals surface area (Å²) in [6.07, 6.45) is 4.79. The number of anilines is 1. The van der Waals surface area contributed by atoms with Gasteiger partial charge in [0.15, 0.2) is 0 Å². The molecule has 0 unspecified atom stereocenters. The SMILES string of the molecule is CC(=O)NS(=O)(=O)c1ccc(NC(=O)CN2C(=O)[C@@H]3[C@H](C2=O)[C@H]2C=C[C@H]3C2)cc1. The number of allylic oxidation sites excluding steroid dienone is 2. The van der Waals surface area contributed by atoms with E-state index in [0.717, 1.165) is 18.2 Å². The van der Waals surface area contributed by atoms with Crippen LogP contribution in [0.5, 0.6) is 0 Å². The number of carbonyl (C=O) groups is 4. The van der Waals surface area contributed by atoms with Gasteiger partial charge in [-0.25, -0.2) is 13.1 Å². The normalized spacial score (nSPS) is 27.3. The Morgan fingerprint density at radius 1 is 1.03 bits per heavy atom. The molecule has 4 atom stereocenters. The molecule has 1 aromatic carbocycles. The van der Waals surface area contributed by atoms with Crippen LogP contribution in [0.2, 0.25) is 0 Å². The Labute approximate surface area is 167 Å². The molecule has 152 valence electrons. The summed E-state index contributed by atoms with van der Waals surface area (Å²) in [5.74, 6) is -2.43. The van der Waals surface area contributed by atoms with E-state index in [9.17, 15) is 27.6 Å². The minimum absolute atomic E-state index is 0.0765. The zero-order valence-corrected chi connectivity index (χ0v) is 16.3. The van der Waals surface area contributed by atoms with Crippen molar-refractivity contribution in [2.75, 3.05) is 11.9 Å². The van der Waals surface area contributed by atoms with Gasteiger partial charge in [-0.05, 0) is 42.5 Å². The predicted octanol–water partition coefficient (Wildman–Crippen LogP) is 0.257. The molecule has 2 bridgehead atoms. The van der Waals surface area contributed by atoms with Crippen molar-refractivity contribution in [1.82, 2.24) is 9.62 Å². The van der Waals surface area contributed by atoms with Crippen molar-refractivity contribution in [1.29, 1.82) is 0 Å². The maximum atomic E-state index is 12.6. The minimum Gasteiger partial charge on any atom is -0.325 e. The van der Waals surface area contributed by atoms with Crippen LogP contribution in [-0.2, 0) is 29.2 Å². The molecule has 0 radical (unpaired) electrons. The summed E-state index contributed by atoms with van der Waals surface area (Å²) < 4.78 is 25.7. The summed E-state index contributed by atoms with van der Waals surface area (Å²) in [4.78, 5) is 49.4. The largest absolute Gasteiger partial charge is 0.325 e. The van der Waals surface area contributed by atoms with E-state index < -0.39 is 21.8 Å². The lowest BCUT2D eigenvalue weighted by Crippen LogP contribution is -2.39. The number of fused-ring (bicyclic) bond motifs is 5. The van der Waals surface area contributed by atoms with E-state index in [1.54, 1.807) is 0 Å². The second-order valence-electron chi connectivity index (χ2n) is 7.50. The number of imide groups is 1. The quantitative estimate of drug-likeness (QED) is 0.522. The Kier molecular flexibility index (Phi) is 4.53. The van der Waals surface area contributed by atoms with Gasteiger partial charge in [0.25, 0.3) is 10.0 Å². The standard InChI is InChI=1S/C19H19N3O6S/c1-10(23)21-29(27,28)14-6-4-13(5-7-14)20-15(24)9-22-18(25)16-11-2-3-12(8-11)17(16)19(22)26/h2-7,11-12,16-17H,8-9H2,1H3,(H,20,24)(H,21,23)/t11-,12-,16-,17+/m0/s1. The number of sulfonamides is 1. The maximum absolute atomic E-state index is 12.6. The van der Waals surface area contributed by atoms with Gasteiger partial charge < -0.3 is 5.32 Å². The highest BCUT2D eigenvalue weighted by atomic mass is 32.2. The first-order valence-corrected chi connectivity index (χ1v) is 10.6. The van der Waals surface area contributed by atoms with Crippen molar-refractivity contribution in [3.8, 4) is 0 Å². The first-order chi connectivity index (χ1) is 13.7. The molecule has 0 aromatic heterocycles. The van der Waals surface area contributed by atoms with Crippen molar-refractivity contribution in [2.24, 2.45) is 23.7 Å². The third-order valence-electron chi connectivity index (χ3n) is 5.59. The smallest absolute Gasteiger partial charge is 0.264 e. The van der Waals surface area contributed by atoms with Crippen molar-refractivity contribution >= 4 is 39.3 Å². The summed E-state index contributed by atoms with van der Waals surface area (Å²) in [5.41, 5.74) is 0.304. The highest BCUT2D eigenvalue weighted by Gasteiger charge is 2.59.